The van der Waals surface area contributed by atoms with E-state index in [1.165, 1.54) is 16.4 Å². The van der Waals surface area contributed by atoms with Gasteiger partial charge in [0.1, 0.15) is 17.8 Å². The molecule has 0 aliphatic rings. The molecule has 0 saturated heterocycles. The highest BCUT2D eigenvalue weighted by atomic mass is 32.2. The van der Waals surface area contributed by atoms with Crippen LogP contribution < -0.4 is 10.1 Å². The molecule has 0 radical (unpaired) electrons. The predicted molar refractivity (Wildman–Crippen MR) is 94.4 cm³/mol. The average Bonchev–Trinajstić information content (AvgIpc) is 3.04. The first kappa shape index (κ1) is 16.5. The lowest BCUT2D eigenvalue weighted by Gasteiger charge is -2.10. The van der Waals surface area contributed by atoms with E-state index < -0.39 is 6.23 Å². The lowest BCUT2D eigenvalue weighted by atomic mass is 10.2. The Morgan fingerprint density at radius 2 is 2.04 bits per heavy atom. The maximum atomic E-state index is 9.82. The summed E-state index contributed by atoms with van der Waals surface area (Å²) in [5.41, 5.74) is 1.72. The number of benzene rings is 1. The number of hydrogen-bond acceptors (Lipinski definition) is 7. The van der Waals surface area contributed by atoms with Crippen molar-refractivity contribution < 1.29 is 9.84 Å². The molecule has 2 N–H and O–H groups in total. The zero-order chi connectivity index (χ0) is 17.1. The minimum absolute atomic E-state index is 0.613. The van der Waals surface area contributed by atoms with Gasteiger partial charge in [0.05, 0.1) is 18.7 Å². The molecule has 0 amide bonds. The second kappa shape index (κ2) is 7.06. The van der Waals surface area contributed by atoms with E-state index in [2.05, 4.69) is 20.4 Å². The number of fused-ring (bicyclic) bond motifs is 1. The molecule has 7 nitrogen and oxygen atoms in total. The number of rotatable bonds is 6. The van der Waals surface area contributed by atoms with Gasteiger partial charge in [0.2, 0.25) is 0 Å². The van der Waals surface area contributed by atoms with Gasteiger partial charge >= 0.3 is 0 Å². The molecular weight excluding hydrogens is 326 g/mol. The fourth-order valence-electron chi connectivity index (χ4n) is 2.33. The normalized spacial score (nSPS) is 12.3. The Balaban J connectivity index is 1.90. The molecule has 2 aromatic heterocycles. The molecule has 8 heteroatoms. The van der Waals surface area contributed by atoms with E-state index in [1.54, 1.807) is 20.2 Å². The van der Waals surface area contributed by atoms with Crippen molar-refractivity contribution >= 4 is 28.6 Å². The van der Waals surface area contributed by atoms with E-state index in [4.69, 9.17) is 4.74 Å². The summed E-state index contributed by atoms with van der Waals surface area (Å²) in [6.07, 6.45) is 2.83. The summed E-state index contributed by atoms with van der Waals surface area (Å²) in [5, 5.41) is 18.8. The van der Waals surface area contributed by atoms with Crippen LogP contribution in [0.1, 0.15) is 18.7 Å². The Kier molecular flexibility index (Phi) is 4.86. The SMILES string of the molecule is COc1ccc(CNc2nc(SC)nc3c2cnn3C(C)O)cc1. The number of methoxy groups -OCH3 is 1. The number of aromatic nitrogens is 4. The Morgan fingerprint density at radius 1 is 1.29 bits per heavy atom. The van der Waals surface area contributed by atoms with Crippen molar-refractivity contribution in [3.05, 3.63) is 36.0 Å². The molecule has 1 atom stereocenters. The number of anilines is 1. The first-order chi connectivity index (χ1) is 11.6. The number of aliphatic hydroxyl groups is 1. The van der Waals surface area contributed by atoms with E-state index in [0.717, 1.165) is 16.7 Å². The quantitative estimate of drug-likeness (QED) is 0.525. The largest absolute Gasteiger partial charge is 0.497 e. The monoisotopic (exact) mass is 345 g/mol. The predicted octanol–water partition coefficient (Wildman–Crippen LogP) is 2.68. The number of ether oxygens (including phenoxy) is 1. The summed E-state index contributed by atoms with van der Waals surface area (Å²) >= 11 is 1.45. The summed E-state index contributed by atoms with van der Waals surface area (Å²) < 4.78 is 6.65. The summed E-state index contributed by atoms with van der Waals surface area (Å²) in [4.78, 5) is 8.97. The van der Waals surface area contributed by atoms with Gasteiger partial charge in [-0.1, -0.05) is 23.9 Å². The molecule has 0 spiro atoms. The molecule has 0 saturated carbocycles. The van der Waals surface area contributed by atoms with Crippen LogP contribution in [0.25, 0.3) is 11.0 Å². The van der Waals surface area contributed by atoms with E-state index in [-0.39, 0.29) is 0 Å². The maximum Gasteiger partial charge on any atom is 0.191 e. The van der Waals surface area contributed by atoms with Crippen molar-refractivity contribution in [1.29, 1.82) is 0 Å². The van der Waals surface area contributed by atoms with E-state index in [0.29, 0.717) is 23.2 Å². The second-order valence-corrected chi connectivity index (χ2v) is 5.99. The van der Waals surface area contributed by atoms with Gasteiger partial charge in [-0.3, -0.25) is 0 Å². The Morgan fingerprint density at radius 3 is 2.67 bits per heavy atom. The maximum absolute atomic E-state index is 9.82. The lowest BCUT2D eigenvalue weighted by Crippen LogP contribution is -2.08. The summed E-state index contributed by atoms with van der Waals surface area (Å²) in [7, 11) is 1.65. The third kappa shape index (κ3) is 3.29. The third-order valence-corrected chi connectivity index (χ3v) is 4.14. The summed E-state index contributed by atoms with van der Waals surface area (Å²) in [5.74, 6) is 1.53. The average molecular weight is 345 g/mol. The minimum Gasteiger partial charge on any atom is -0.497 e. The molecule has 1 aromatic carbocycles. The van der Waals surface area contributed by atoms with Crippen LogP contribution in [0.15, 0.2) is 35.6 Å². The van der Waals surface area contributed by atoms with Crippen LogP contribution >= 0.6 is 11.8 Å². The Bertz CT molecular complexity index is 832. The summed E-state index contributed by atoms with van der Waals surface area (Å²) in [6, 6.07) is 7.84. The van der Waals surface area contributed by atoms with Crippen LogP contribution in [0, 0.1) is 0 Å². The van der Waals surface area contributed by atoms with Gasteiger partial charge in [-0.25, -0.2) is 14.6 Å². The topological polar surface area (TPSA) is 85.1 Å². The Hall–Kier alpha value is -2.32. The van der Waals surface area contributed by atoms with Gasteiger partial charge < -0.3 is 15.2 Å². The van der Waals surface area contributed by atoms with Gasteiger partial charge in [0, 0.05) is 6.54 Å². The van der Waals surface area contributed by atoms with Crippen molar-refractivity contribution in [2.45, 2.75) is 24.9 Å². The standard InChI is InChI=1S/C16H19N5O2S/c1-10(22)21-15-13(9-18-21)14(19-16(20-15)24-3)17-8-11-4-6-12(23-2)7-5-11/h4-7,9-10,22H,8H2,1-3H3,(H,17,19,20). The van der Waals surface area contributed by atoms with Gasteiger partial charge in [0.15, 0.2) is 10.8 Å². The molecule has 24 heavy (non-hydrogen) atoms. The van der Waals surface area contributed by atoms with Gasteiger partial charge in [-0.05, 0) is 30.9 Å². The van der Waals surface area contributed by atoms with Crippen molar-refractivity contribution in [1.82, 2.24) is 19.7 Å². The van der Waals surface area contributed by atoms with Gasteiger partial charge in [0.25, 0.3) is 0 Å². The van der Waals surface area contributed by atoms with Crippen molar-refractivity contribution in [3.63, 3.8) is 0 Å². The van der Waals surface area contributed by atoms with Gasteiger partial charge in [-0.2, -0.15) is 5.10 Å². The number of nitrogens with one attached hydrogen (secondary N) is 1. The smallest absolute Gasteiger partial charge is 0.191 e. The first-order valence-corrected chi connectivity index (χ1v) is 8.69. The highest BCUT2D eigenvalue weighted by Crippen LogP contribution is 2.25. The zero-order valence-corrected chi connectivity index (χ0v) is 14.5. The van der Waals surface area contributed by atoms with Crippen molar-refractivity contribution in [2.75, 3.05) is 18.7 Å². The number of nitrogens with zero attached hydrogens (tertiary/aromatic N) is 4. The first-order valence-electron chi connectivity index (χ1n) is 7.46. The van der Waals surface area contributed by atoms with Crippen LogP contribution in [0.4, 0.5) is 5.82 Å². The van der Waals surface area contributed by atoms with Crippen LogP contribution in [0.2, 0.25) is 0 Å². The molecule has 0 aliphatic carbocycles. The van der Waals surface area contributed by atoms with Crippen LogP contribution in [0.3, 0.4) is 0 Å². The van der Waals surface area contributed by atoms with E-state index >= 15 is 0 Å². The minimum atomic E-state index is -0.749. The summed E-state index contributed by atoms with van der Waals surface area (Å²) in [6.45, 7) is 2.27. The zero-order valence-electron chi connectivity index (χ0n) is 13.7. The third-order valence-electron chi connectivity index (χ3n) is 3.59. The highest BCUT2D eigenvalue weighted by molar-refractivity contribution is 7.98. The van der Waals surface area contributed by atoms with E-state index in [1.807, 2.05) is 30.5 Å². The number of thioether (sulfide) groups is 1. The fourth-order valence-corrected chi connectivity index (χ4v) is 2.69. The van der Waals surface area contributed by atoms with Crippen molar-refractivity contribution in [2.24, 2.45) is 0 Å². The molecule has 2 heterocycles. The van der Waals surface area contributed by atoms with Crippen LogP contribution in [-0.4, -0.2) is 38.2 Å². The highest BCUT2D eigenvalue weighted by Gasteiger charge is 2.14. The van der Waals surface area contributed by atoms with Crippen molar-refractivity contribution in [3.8, 4) is 5.75 Å². The molecular formula is C16H19N5O2S. The molecule has 3 rings (SSSR count). The molecule has 126 valence electrons. The molecule has 0 bridgehead atoms. The molecule has 1 unspecified atom stereocenters. The van der Waals surface area contributed by atoms with Crippen LogP contribution in [0.5, 0.6) is 5.75 Å². The number of hydrogen-bond donors (Lipinski definition) is 2. The molecule has 0 fully saturated rings. The van der Waals surface area contributed by atoms with E-state index in [9.17, 15) is 5.11 Å². The second-order valence-electron chi connectivity index (χ2n) is 5.22. The lowest BCUT2D eigenvalue weighted by molar-refractivity contribution is 0.115. The Labute approximate surface area is 144 Å². The van der Waals surface area contributed by atoms with Crippen LogP contribution in [-0.2, 0) is 6.54 Å². The fraction of sp³-hybridized carbons (Fsp3) is 0.312. The number of aliphatic hydroxyl groups excluding tert-OH is 1. The molecule has 0 aliphatic heterocycles. The molecule has 3 aromatic rings. The van der Waals surface area contributed by atoms with Gasteiger partial charge in [-0.15, -0.1) is 0 Å².